The molecule has 0 saturated carbocycles. The van der Waals surface area contributed by atoms with E-state index in [1.807, 2.05) is 66.0 Å². The maximum absolute atomic E-state index is 12.6. The van der Waals surface area contributed by atoms with E-state index in [1.54, 1.807) is 21.1 Å². The van der Waals surface area contributed by atoms with Crippen LogP contribution in [0.5, 0.6) is 17.2 Å². The van der Waals surface area contributed by atoms with E-state index in [1.165, 1.54) is 11.3 Å². The molecule has 3 aromatic carbocycles. The van der Waals surface area contributed by atoms with E-state index in [9.17, 15) is 4.79 Å². The molecule has 0 radical (unpaired) electrons. The Hall–Kier alpha value is -3.84. The molecule has 0 bridgehead atoms. The number of benzene rings is 3. The third kappa shape index (κ3) is 5.32. The molecule has 33 heavy (non-hydrogen) atoms. The summed E-state index contributed by atoms with van der Waals surface area (Å²) < 4.78 is 16.5. The van der Waals surface area contributed by atoms with Gasteiger partial charge in [-0.05, 0) is 48.4 Å². The Kier molecular flexibility index (Phi) is 6.90. The molecular weight excluding hydrogens is 436 g/mol. The van der Waals surface area contributed by atoms with Gasteiger partial charge in [0.1, 0.15) is 5.75 Å². The standard InChI is InChI=1S/C26H24N2O4S/c1-17(32-21-12-9-19(10-13-21)18-7-5-4-6-8-18)25(29)28-26-27-22(16-33-26)20-11-14-23(30-2)24(15-20)31-3/h4-17H,1-3H3,(H,27,28,29). The van der Waals surface area contributed by atoms with Crippen LogP contribution < -0.4 is 19.5 Å². The summed E-state index contributed by atoms with van der Waals surface area (Å²) in [5.74, 6) is 1.62. The molecule has 1 atom stereocenters. The topological polar surface area (TPSA) is 69.7 Å². The average molecular weight is 461 g/mol. The van der Waals surface area contributed by atoms with Crippen LogP contribution in [0.3, 0.4) is 0 Å². The van der Waals surface area contributed by atoms with Gasteiger partial charge in [-0.15, -0.1) is 11.3 Å². The number of thiazole rings is 1. The lowest BCUT2D eigenvalue weighted by Gasteiger charge is -2.14. The van der Waals surface area contributed by atoms with E-state index < -0.39 is 6.10 Å². The van der Waals surface area contributed by atoms with E-state index in [4.69, 9.17) is 14.2 Å². The number of carbonyl (C=O) groups is 1. The first-order valence-electron chi connectivity index (χ1n) is 10.4. The van der Waals surface area contributed by atoms with Crippen LogP contribution in [0.1, 0.15) is 6.92 Å². The largest absolute Gasteiger partial charge is 0.493 e. The van der Waals surface area contributed by atoms with Crippen molar-refractivity contribution in [2.24, 2.45) is 0 Å². The van der Waals surface area contributed by atoms with Crippen molar-refractivity contribution in [3.63, 3.8) is 0 Å². The predicted molar refractivity (Wildman–Crippen MR) is 131 cm³/mol. The Labute approximate surface area is 196 Å². The molecule has 1 unspecified atom stereocenters. The second kappa shape index (κ2) is 10.2. The van der Waals surface area contributed by atoms with E-state index >= 15 is 0 Å². The number of nitrogens with one attached hydrogen (secondary N) is 1. The van der Waals surface area contributed by atoms with Crippen molar-refractivity contribution in [1.82, 2.24) is 4.98 Å². The van der Waals surface area contributed by atoms with Gasteiger partial charge in [0.05, 0.1) is 19.9 Å². The first-order chi connectivity index (χ1) is 16.1. The summed E-state index contributed by atoms with van der Waals surface area (Å²) in [6, 6.07) is 23.4. The minimum Gasteiger partial charge on any atom is -0.493 e. The highest BCUT2D eigenvalue weighted by Crippen LogP contribution is 2.33. The minimum absolute atomic E-state index is 0.268. The van der Waals surface area contributed by atoms with Crippen molar-refractivity contribution in [3.05, 3.63) is 78.2 Å². The van der Waals surface area contributed by atoms with Crippen LogP contribution in [0.25, 0.3) is 22.4 Å². The van der Waals surface area contributed by atoms with Crippen molar-refractivity contribution < 1.29 is 19.0 Å². The normalized spacial score (nSPS) is 11.5. The van der Waals surface area contributed by atoms with Gasteiger partial charge in [-0.25, -0.2) is 4.98 Å². The molecule has 168 valence electrons. The molecule has 7 heteroatoms. The zero-order chi connectivity index (χ0) is 23.2. The lowest BCUT2D eigenvalue weighted by atomic mass is 10.1. The third-order valence-electron chi connectivity index (χ3n) is 5.06. The molecule has 0 aliphatic rings. The monoisotopic (exact) mass is 460 g/mol. The summed E-state index contributed by atoms with van der Waals surface area (Å²) in [5.41, 5.74) is 3.82. The molecule has 1 aromatic heterocycles. The van der Waals surface area contributed by atoms with Crippen LogP contribution in [-0.2, 0) is 4.79 Å². The van der Waals surface area contributed by atoms with Crippen LogP contribution in [0.2, 0.25) is 0 Å². The lowest BCUT2D eigenvalue weighted by molar-refractivity contribution is -0.122. The lowest BCUT2D eigenvalue weighted by Crippen LogP contribution is -2.30. The smallest absolute Gasteiger partial charge is 0.266 e. The van der Waals surface area contributed by atoms with Crippen LogP contribution in [-0.4, -0.2) is 31.2 Å². The molecule has 1 amide bonds. The first-order valence-corrected chi connectivity index (χ1v) is 11.3. The van der Waals surface area contributed by atoms with Gasteiger partial charge in [0.25, 0.3) is 5.91 Å². The van der Waals surface area contributed by atoms with E-state index in [0.29, 0.717) is 22.4 Å². The van der Waals surface area contributed by atoms with E-state index in [2.05, 4.69) is 22.4 Å². The second-order valence-electron chi connectivity index (χ2n) is 7.25. The fourth-order valence-electron chi connectivity index (χ4n) is 3.28. The van der Waals surface area contributed by atoms with Crippen LogP contribution >= 0.6 is 11.3 Å². The molecule has 0 aliphatic carbocycles. The maximum atomic E-state index is 12.6. The summed E-state index contributed by atoms with van der Waals surface area (Å²) in [7, 11) is 3.18. The molecule has 0 aliphatic heterocycles. The Bertz CT molecular complexity index is 1220. The number of rotatable bonds is 8. The highest BCUT2D eigenvalue weighted by atomic mass is 32.1. The van der Waals surface area contributed by atoms with Crippen molar-refractivity contribution in [2.75, 3.05) is 19.5 Å². The van der Waals surface area contributed by atoms with Crippen molar-refractivity contribution >= 4 is 22.4 Å². The van der Waals surface area contributed by atoms with Crippen LogP contribution in [0.4, 0.5) is 5.13 Å². The summed E-state index contributed by atoms with van der Waals surface area (Å²) >= 11 is 1.35. The summed E-state index contributed by atoms with van der Waals surface area (Å²) in [6.45, 7) is 1.71. The molecular formula is C26H24N2O4S. The van der Waals surface area contributed by atoms with Gasteiger partial charge in [0, 0.05) is 10.9 Å². The van der Waals surface area contributed by atoms with E-state index in [0.717, 1.165) is 22.4 Å². The number of aromatic nitrogens is 1. The Balaban J connectivity index is 1.38. The molecule has 4 rings (SSSR count). The summed E-state index contributed by atoms with van der Waals surface area (Å²) in [6.07, 6.45) is -0.680. The SMILES string of the molecule is COc1ccc(-c2csc(NC(=O)C(C)Oc3ccc(-c4ccccc4)cc3)n2)cc1OC. The van der Waals surface area contributed by atoms with Gasteiger partial charge in [-0.2, -0.15) is 0 Å². The quantitative estimate of drug-likeness (QED) is 0.354. The molecule has 0 spiro atoms. The second-order valence-corrected chi connectivity index (χ2v) is 8.11. The number of nitrogens with zero attached hydrogens (tertiary/aromatic N) is 1. The third-order valence-corrected chi connectivity index (χ3v) is 5.81. The molecule has 4 aromatic rings. The fraction of sp³-hybridized carbons (Fsp3) is 0.154. The van der Waals surface area contributed by atoms with Gasteiger partial charge in [0.2, 0.25) is 0 Å². The van der Waals surface area contributed by atoms with Crippen LogP contribution in [0.15, 0.2) is 78.2 Å². The maximum Gasteiger partial charge on any atom is 0.266 e. The minimum atomic E-state index is -0.680. The Morgan fingerprint density at radius 2 is 1.55 bits per heavy atom. The summed E-state index contributed by atoms with van der Waals surface area (Å²) in [5, 5.41) is 5.21. The fourth-order valence-corrected chi connectivity index (χ4v) is 4.00. The highest BCUT2D eigenvalue weighted by molar-refractivity contribution is 7.14. The summed E-state index contributed by atoms with van der Waals surface area (Å²) in [4.78, 5) is 17.1. The van der Waals surface area contributed by atoms with Crippen molar-refractivity contribution in [3.8, 4) is 39.6 Å². The van der Waals surface area contributed by atoms with Crippen LogP contribution in [0, 0.1) is 0 Å². The number of anilines is 1. The number of methoxy groups -OCH3 is 2. The number of hydrogen-bond acceptors (Lipinski definition) is 6. The van der Waals surface area contributed by atoms with Gasteiger partial charge >= 0.3 is 0 Å². The van der Waals surface area contributed by atoms with Gasteiger partial charge in [-0.3, -0.25) is 10.1 Å². The number of hydrogen-bond donors (Lipinski definition) is 1. The molecule has 6 nitrogen and oxygen atoms in total. The number of amides is 1. The highest BCUT2D eigenvalue weighted by Gasteiger charge is 2.17. The molecule has 1 heterocycles. The molecule has 0 saturated heterocycles. The number of carbonyl (C=O) groups excluding carboxylic acids is 1. The molecule has 0 fully saturated rings. The van der Waals surface area contributed by atoms with Crippen molar-refractivity contribution in [2.45, 2.75) is 13.0 Å². The Morgan fingerprint density at radius 1 is 0.879 bits per heavy atom. The first kappa shape index (κ1) is 22.4. The zero-order valence-corrected chi connectivity index (χ0v) is 19.4. The number of ether oxygens (including phenoxy) is 3. The van der Waals surface area contributed by atoms with Gasteiger partial charge < -0.3 is 14.2 Å². The average Bonchev–Trinajstić information content (AvgIpc) is 3.33. The zero-order valence-electron chi connectivity index (χ0n) is 18.6. The van der Waals surface area contributed by atoms with E-state index in [-0.39, 0.29) is 5.91 Å². The predicted octanol–water partition coefficient (Wildman–Crippen LogP) is 5.90. The Morgan fingerprint density at radius 3 is 2.24 bits per heavy atom. The van der Waals surface area contributed by atoms with Crippen molar-refractivity contribution in [1.29, 1.82) is 0 Å². The van der Waals surface area contributed by atoms with Gasteiger partial charge in [-0.1, -0.05) is 42.5 Å². The van der Waals surface area contributed by atoms with Gasteiger partial charge in [0.15, 0.2) is 22.7 Å². The molecule has 1 N–H and O–H groups in total.